The Morgan fingerprint density at radius 3 is 2.07 bits per heavy atom. The lowest BCUT2D eigenvalue weighted by Gasteiger charge is -2.40. The number of carbonyl (C=O) groups is 2. The van der Waals surface area contributed by atoms with E-state index in [0.29, 0.717) is 5.41 Å². The van der Waals surface area contributed by atoms with Crippen LogP contribution in [0.4, 0.5) is 23.9 Å². The topological polar surface area (TPSA) is 89.9 Å². The maximum atomic E-state index is 12.0. The van der Waals surface area contributed by atoms with Gasteiger partial charge in [-0.15, -0.1) is 0 Å². The molecule has 0 radical (unpaired) electrons. The molecule has 0 aromatic carbocycles. The van der Waals surface area contributed by atoms with Crippen LogP contribution in [0, 0.1) is 5.41 Å². The zero-order valence-electron chi connectivity index (χ0n) is 15.8. The number of alkyl halides is 3. The van der Waals surface area contributed by atoms with Gasteiger partial charge in [0.2, 0.25) is 5.95 Å². The van der Waals surface area contributed by atoms with Gasteiger partial charge in [-0.25, -0.2) is 19.6 Å². The van der Waals surface area contributed by atoms with Gasteiger partial charge in [-0.2, -0.15) is 13.2 Å². The quantitative estimate of drug-likeness (QED) is 0.772. The maximum absolute atomic E-state index is 12.0. The van der Waals surface area contributed by atoms with E-state index < -0.39 is 12.1 Å². The average Bonchev–Trinajstić information content (AvgIpc) is 3.06. The predicted octanol–water partition coefficient (Wildman–Crippen LogP) is 2.08. The van der Waals surface area contributed by atoms with Gasteiger partial charge in [-0.1, -0.05) is 0 Å². The van der Waals surface area contributed by atoms with Crippen molar-refractivity contribution in [3.8, 4) is 0 Å². The van der Waals surface area contributed by atoms with Gasteiger partial charge in [0.05, 0.1) is 0 Å². The lowest BCUT2D eigenvalue weighted by molar-refractivity contribution is -0.192. The number of urea groups is 1. The molecule has 2 aliphatic heterocycles. The summed E-state index contributed by atoms with van der Waals surface area (Å²) < 4.78 is 31.7. The van der Waals surface area contributed by atoms with Crippen LogP contribution in [-0.4, -0.2) is 83.3 Å². The van der Waals surface area contributed by atoms with Gasteiger partial charge in [-0.05, 0) is 30.7 Å². The fourth-order valence-corrected chi connectivity index (χ4v) is 3.42. The molecule has 28 heavy (non-hydrogen) atoms. The van der Waals surface area contributed by atoms with E-state index in [4.69, 9.17) is 9.90 Å². The molecule has 0 saturated carbocycles. The summed E-state index contributed by atoms with van der Waals surface area (Å²) in [6.07, 6.45) is 1.85. The van der Waals surface area contributed by atoms with Gasteiger partial charge in [-0.3, -0.25) is 0 Å². The highest BCUT2D eigenvalue weighted by Gasteiger charge is 2.42. The maximum Gasteiger partial charge on any atom is 0.490 e. The molecule has 11 heteroatoms. The van der Waals surface area contributed by atoms with E-state index in [2.05, 4.69) is 14.9 Å². The van der Waals surface area contributed by atoms with E-state index in [1.54, 1.807) is 17.3 Å². The Morgan fingerprint density at radius 2 is 1.61 bits per heavy atom. The molecule has 2 fully saturated rings. The van der Waals surface area contributed by atoms with Crippen LogP contribution in [0.25, 0.3) is 0 Å². The van der Waals surface area contributed by atoms with Crippen molar-refractivity contribution >= 4 is 17.9 Å². The number of nitrogens with zero attached hydrogens (tertiary/aromatic N) is 5. The largest absolute Gasteiger partial charge is 0.490 e. The minimum Gasteiger partial charge on any atom is -0.475 e. The Balaban J connectivity index is 0.000000345. The summed E-state index contributed by atoms with van der Waals surface area (Å²) in [4.78, 5) is 35.5. The summed E-state index contributed by atoms with van der Waals surface area (Å²) in [5.74, 6) is -1.92. The molecule has 8 nitrogen and oxygen atoms in total. The summed E-state index contributed by atoms with van der Waals surface area (Å²) in [6, 6.07) is 1.98. The Kier molecular flexibility index (Phi) is 6.68. The van der Waals surface area contributed by atoms with Crippen LogP contribution in [0.2, 0.25) is 0 Å². The van der Waals surface area contributed by atoms with Crippen LogP contribution in [-0.2, 0) is 4.79 Å². The molecule has 0 aliphatic carbocycles. The van der Waals surface area contributed by atoms with Crippen molar-refractivity contribution in [1.82, 2.24) is 19.8 Å². The fourth-order valence-electron chi connectivity index (χ4n) is 3.42. The number of carboxylic acid groups (broad SMARTS) is 1. The second kappa shape index (κ2) is 8.61. The first-order valence-electron chi connectivity index (χ1n) is 8.82. The Labute approximate surface area is 161 Å². The number of carbonyl (C=O) groups excluding carboxylic acids is 1. The van der Waals surface area contributed by atoms with Gasteiger partial charge >= 0.3 is 18.2 Å². The summed E-state index contributed by atoms with van der Waals surface area (Å²) in [5.41, 5.74) is 0.336. The average molecular weight is 403 g/mol. The molecule has 1 aromatic rings. The fraction of sp³-hybridized carbons (Fsp3) is 0.647. The number of piperidine rings is 1. The van der Waals surface area contributed by atoms with Crippen LogP contribution >= 0.6 is 0 Å². The molecule has 3 heterocycles. The van der Waals surface area contributed by atoms with E-state index in [9.17, 15) is 18.0 Å². The second-order valence-corrected chi connectivity index (χ2v) is 7.19. The first-order chi connectivity index (χ1) is 13.0. The van der Waals surface area contributed by atoms with Gasteiger partial charge < -0.3 is 19.8 Å². The minimum atomic E-state index is -5.08. The number of hydrogen-bond acceptors (Lipinski definition) is 5. The van der Waals surface area contributed by atoms with Crippen molar-refractivity contribution in [2.45, 2.75) is 25.4 Å². The smallest absolute Gasteiger partial charge is 0.475 e. The van der Waals surface area contributed by atoms with Crippen molar-refractivity contribution in [2.75, 3.05) is 45.2 Å². The summed E-state index contributed by atoms with van der Waals surface area (Å²) in [5, 5.41) is 7.12. The number of halogens is 3. The highest BCUT2D eigenvalue weighted by molar-refractivity contribution is 5.74. The minimum absolute atomic E-state index is 0.131. The number of anilines is 1. The predicted molar refractivity (Wildman–Crippen MR) is 94.9 cm³/mol. The summed E-state index contributed by atoms with van der Waals surface area (Å²) in [7, 11) is 3.63. The van der Waals surface area contributed by atoms with Crippen molar-refractivity contribution < 1.29 is 27.9 Å². The number of rotatable bonds is 1. The van der Waals surface area contributed by atoms with Crippen molar-refractivity contribution in [3.05, 3.63) is 18.5 Å². The molecule has 2 saturated heterocycles. The Bertz CT molecular complexity index is 676. The van der Waals surface area contributed by atoms with Gasteiger partial charge in [0.15, 0.2) is 0 Å². The second-order valence-electron chi connectivity index (χ2n) is 7.19. The van der Waals surface area contributed by atoms with Crippen LogP contribution in [0.15, 0.2) is 18.5 Å². The summed E-state index contributed by atoms with van der Waals surface area (Å²) in [6.45, 7) is 3.76. The lowest BCUT2D eigenvalue weighted by Crippen LogP contribution is -2.47. The van der Waals surface area contributed by atoms with Crippen molar-refractivity contribution in [1.29, 1.82) is 0 Å². The standard InChI is InChI=1S/C15H23N5O.C2HF3O2/c1-18(2)14(21)19-9-4-15(5-10-19)6-11-20(12-15)13-16-7-3-8-17-13;3-2(4,5)1(6)7/h3,7-8H,4-6,9-12H2,1-2H3;(H,6,7). The van der Waals surface area contributed by atoms with Crippen LogP contribution < -0.4 is 4.90 Å². The molecule has 0 atom stereocenters. The third kappa shape index (κ3) is 5.46. The number of likely N-dealkylation sites (tertiary alicyclic amines) is 1. The number of hydrogen-bond donors (Lipinski definition) is 1. The molecule has 2 aliphatic rings. The third-order valence-electron chi connectivity index (χ3n) is 4.99. The monoisotopic (exact) mass is 403 g/mol. The molecule has 0 bridgehead atoms. The van der Waals surface area contributed by atoms with E-state index in [1.807, 2.05) is 25.1 Å². The SMILES string of the molecule is CN(C)C(=O)N1CCC2(CC1)CCN(c1ncccn1)C2.O=C(O)C(F)(F)F. The molecule has 0 unspecified atom stereocenters. The van der Waals surface area contributed by atoms with Crippen LogP contribution in [0.5, 0.6) is 0 Å². The molecular weight excluding hydrogens is 379 g/mol. The van der Waals surface area contributed by atoms with E-state index in [-0.39, 0.29) is 6.03 Å². The first-order valence-corrected chi connectivity index (χ1v) is 8.82. The third-order valence-corrected chi connectivity index (χ3v) is 4.99. The zero-order valence-corrected chi connectivity index (χ0v) is 15.8. The lowest BCUT2D eigenvalue weighted by atomic mass is 9.78. The van der Waals surface area contributed by atoms with Gasteiger partial charge in [0.1, 0.15) is 0 Å². The Morgan fingerprint density at radius 1 is 1.11 bits per heavy atom. The van der Waals surface area contributed by atoms with E-state index in [1.165, 1.54) is 6.42 Å². The zero-order chi connectivity index (χ0) is 20.9. The molecule has 3 rings (SSSR count). The molecule has 1 N–H and O–H groups in total. The highest BCUT2D eigenvalue weighted by atomic mass is 19.4. The Hall–Kier alpha value is -2.59. The van der Waals surface area contributed by atoms with Gasteiger partial charge in [0, 0.05) is 52.7 Å². The molecule has 156 valence electrons. The number of amides is 2. The molecule has 1 aromatic heterocycles. The molecule has 1 spiro atoms. The van der Waals surface area contributed by atoms with Gasteiger partial charge in [0.25, 0.3) is 0 Å². The molecule has 2 amide bonds. The number of aromatic nitrogens is 2. The molecular formula is C17H24F3N5O3. The van der Waals surface area contributed by atoms with Crippen LogP contribution in [0.1, 0.15) is 19.3 Å². The number of aliphatic carboxylic acids is 1. The number of carboxylic acids is 1. The van der Waals surface area contributed by atoms with E-state index >= 15 is 0 Å². The van der Waals surface area contributed by atoms with Crippen LogP contribution in [0.3, 0.4) is 0 Å². The van der Waals surface area contributed by atoms with Crippen molar-refractivity contribution in [2.24, 2.45) is 5.41 Å². The van der Waals surface area contributed by atoms with Crippen molar-refractivity contribution in [3.63, 3.8) is 0 Å². The summed E-state index contributed by atoms with van der Waals surface area (Å²) >= 11 is 0. The van der Waals surface area contributed by atoms with E-state index in [0.717, 1.165) is 45.0 Å². The first kappa shape index (κ1) is 21.7. The normalized spacial score (nSPS) is 18.5. The highest BCUT2D eigenvalue weighted by Crippen LogP contribution is 2.41.